The predicted molar refractivity (Wildman–Crippen MR) is 70.3 cm³/mol. The fraction of sp³-hybridized carbons (Fsp3) is 0.143. The molecule has 1 N–H and O–H groups in total. The topological polar surface area (TPSA) is 12.0 Å². The van der Waals surface area contributed by atoms with E-state index in [2.05, 4.69) is 46.9 Å². The van der Waals surface area contributed by atoms with Crippen molar-refractivity contribution in [3.63, 3.8) is 0 Å². The predicted octanol–water partition coefficient (Wildman–Crippen LogP) is 3.14. The van der Waals surface area contributed by atoms with Gasteiger partial charge in [0.1, 0.15) is 0 Å². The Labute approximate surface area is 100 Å². The lowest BCUT2D eigenvalue weighted by Gasteiger charge is -1.97. The number of hydrogen-bond acceptors (Lipinski definition) is 2. The van der Waals surface area contributed by atoms with Gasteiger partial charge in [-0.1, -0.05) is 36.3 Å². The number of thiophene rings is 1. The van der Waals surface area contributed by atoms with Crippen LogP contribution in [-0.4, -0.2) is 6.54 Å². The number of nitrogens with one attached hydrogen (secondary N) is 1. The number of rotatable bonds is 4. The third-order valence-electron chi connectivity index (χ3n) is 2.29. The summed E-state index contributed by atoms with van der Waals surface area (Å²) in [5.41, 5.74) is 2.55. The van der Waals surface area contributed by atoms with Crippen molar-refractivity contribution in [2.45, 2.75) is 6.54 Å². The van der Waals surface area contributed by atoms with Gasteiger partial charge in [0.15, 0.2) is 0 Å². The molecule has 0 aliphatic carbocycles. The van der Waals surface area contributed by atoms with Crippen molar-refractivity contribution >= 4 is 11.3 Å². The van der Waals surface area contributed by atoms with E-state index >= 15 is 0 Å². The third kappa shape index (κ3) is 2.73. The van der Waals surface area contributed by atoms with Gasteiger partial charge in [0.25, 0.3) is 0 Å². The Morgan fingerprint density at radius 2 is 2.00 bits per heavy atom. The van der Waals surface area contributed by atoms with Crippen LogP contribution in [0.2, 0.25) is 0 Å². The first-order chi connectivity index (χ1) is 7.90. The molecule has 0 atom stereocenters. The molecular formula is C14H13NS. The van der Waals surface area contributed by atoms with E-state index in [4.69, 9.17) is 6.42 Å². The minimum Gasteiger partial charge on any atom is -0.301 e. The molecular weight excluding hydrogens is 214 g/mol. The van der Waals surface area contributed by atoms with E-state index in [0.29, 0.717) is 6.54 Å². The van der Waals surface area contributed by atoms with E-state index in [1.165, 1.54) is 16.0 Å². The monoisotopic (exact) mass is 227 g/mol. The standard InChI is InChI=1S/C14H13NS/c1-2-8-15-10-14-9-13(11-16-14)12-6-4-3-5-7-12/h1,3-7,9,11,15H,8,10H2. The summed E-state index contributed by atoms with van der Waals surface area (Å²) < 4.78 is 0. The van der Waals surface area contributed by atoms with E-state index in [1.807, 2.05) is 6.07 Å². The molecule has 16 heavy (non-hydrogen) atoms. The minimum absolute atomic E-state index is 0.624. The van der Waals surface area contributed by atoms with Crippen LogP contribution in [0.3, 0.4) is 0 Å². The maximum absolute atomic E-state index is 5.18. The largest absolute Gasteiger partial charge is 0.301 e. The van der Waals surface area contributed by atoms with Gasteiger partial charge in [0, 0.05) is 11.4 Å². The van der Waals surface area contributed by atoms with Gasteiger partial charge >= 0.3 is 0 Å². The third-order valence-corrected chi connectivity index (χ3v) is 3.22. The van der Waals surface area contributed by atoms with Crippen molar-refractivity contribution in [1.82, 2.24) is 5.32 Å². The minimum atomic E-state index is 0.624. The molecule has 0 fully saturated rings. The van der Waals surface area contributed by atoms with Gasteiger partial charge < -0.3 is 5.32 Å². The normalized spacial score (nSPS) is 9.94. The molecule has 80 valence electrons. The highest BCUT2D eigenvalue weighted by atomic mass is 32.1. The van der Waals surface area contributed by atoms with Gasteiger partial charge in [-0.05, 0) is 22.6 Å². The maximum atomic E-state index is 5.18. The molecule has 0 saturated heterocycles. The highest BCUT2D eigenvalue weighted by Gasteiger charge is 2.01. The molecule has 2 rings (SSSR count). The van der Waals surface area contributed by atoms with E-state index in [9.17, 15) is 0 Å². The molecule has 0 aliphatic rings. The van der Waals surface area contributed by atoms with Crippen LogP contribution in [0, 0.1) is 12.3 Å². The van der Waals surface area contributed by atoms with Crippen molar-refractivity contribution in [2.24, 2.45) is 0 Å². The average Bonchev–Trinajstić information content (AvgIpc) is 2.79. The molecule has 0 bridgehead atoms. The zero-order chi connectivity index (χ0) is 11.2. The van der Waals surface area contributed by atoms with Crippen LogP contribution in [0.15, 0.2) is 41.8 Å². The SMILES string of the molecule is C#CCNCc1cc(-c2ccccc2)cs1. The van der Waals surface area contributed by atoms with Crippen LogP contribution in [0.1, 0.15) is 4.88 Å². The van der Waals surface area contributed by atoms with Crippen LogP contribution >= 0.6 is 11.3 Å². The highest BCUT2D eigenvalue weighted by Crippen LogP contribution is 2.25. The lowest BCUT2D eigenvalue weighted by molar-refractivity contribution is 0.781. The van der Waals surface area contributed by atoms with Gasteiger partial charge in [0.05, 0.1) is 6.54 Å². The highest BCUT2D eigenvalue weighted by molar-refractivity contribution is 7.10. The number of hydrogen-bond donors (Lipinski definition) is 1. The summed E-state index contributed by atoms with van der Waals surface area (Å²) in [4.78, 5) is 1.31. The summed E-state index contributed by atoms with van der Waals surface area (Å²) in [6.07, 6.45) is 5.18. The average molecular weight is 227 g/mol. The smallest absolute Gasteiger partial charge is 0.0576 e. The first-order valence-corrected chi connectivity index (χ1v) is 6.05. The molecule has 0 saturated carbocycles. The van der Waals surface area contributed by atoms with Gasteiger partial charge in [-0.2, -0.15) is 0 Å². The maximum Gasteiger partial charge on any atom is 0.0576 e. The van der Waals surface area contributed by atoms with E-state index in [1.54, 1.807) is 11.3 Å². The molecule has 2 aromatic rings. The van der Waals surface area contributed by atoms with Crippen molar-refractivity contribution in [2.75, 3.05) is 6.54 Å². The summed E-state index contributed by atoms with van der Waals surface area (Å²) in [5, 5.41) is 5.37. The van der Waals surface area contributed by atoms with Crippen LogP contribution in [0.25, 0.3) is 11.1 Å². The van der Waals surface area contributed by atoms with Gasteiger partial charge in [-0.15, -0.1) is 17.8 Å². The van der Waals surface area contributed by atoms with Crippen LogP contribution in [0.4, 0.5) is 0 Å². The quantitative estimate of drug-likeness (QED) is 0.625. The fourth-order valence-corrected chi connectivity index (χ4v) is 2.38. The van der Waals surface area contributed by atoms with Crippen LogP contribution in [-0.2, 0) is 6.54 Å². The Hall–Kier alpha value is -1.56. The first-order valence-electron chi connectivity index (χ1n) is 5.17. The zero-order valence-electron chi connectivity index (χ0n) is 8.94. The summed E-state index contributed by atoms with van der Waals surface area (Å²) in [6, 6.07) is 12.6. The van der Waals surface area contributed by atoms with Crippen LogP contribution < -0.4 is 5.32 Å². The van der Waals surface area contributed by atoms with Gasteiger partial charge in [-0.3, -0.25) is 0 Å². The van der Waals surface area contributed by atoms with Crippen molar-refractivity contribution in [3.05, 3.63) is 46.7 Å². The molecule has 1 nitrogen and oxygen atoms in total. The summed E-state index contributed by atoms with van der Waals surface area (Å²) in [6.45, 7) is 1.47. The molecule has 1 aromatic heterocycles. The number of terminal acetylenes is 1. The van der Waals surface area contributed by atoms with E-state index in [-0.39, 0.29) is 0 Å². The molecule has 0 spiro atoms. The Bertz CT molecular complexity index is 479. The van der Waals surface area contributed by atoms with E-state index in [0.717, 1.165) is 6.54 Å². The molecule has 0 radical (unpaired) electrons. The van der Waals surface area contributed by atoms with Crippen molar-refractivity contribution in [1.29, 1.82) is 0 Å². The fourth-order valence-electron chi connectivity index (χ4n) is 1.51. The van der Waals surface area contributed by atoms with Crippen LogP contribution in [0.5, 0.6) is 0 Å². The second-order valence-electron chi connectivity index (χ2n) is 3.48. The second kappa shape index (κ2) is 5.50. The lowest BCUT2D eigenvalue weighted by atomic mass is 10.1. The Balaban J connectivity index is 2.06. The molecule has 1 heterocycles. The molecule has 0 amide bonds. The summed E-state index contributed by atoms with van der Waals surface area (Å²) >= 11 is 1.76. The Morgan fingerprint density at radius 1 is 1.19 bits per heavy atom. The Kier molecular flexibility index (Phi) is 3.76. The van der Waals surface area contributed by atoms with Crippen molar-refractivity contribution < 1.29 is 0 Å². The summed E-state index contributed by atoms with van der Waals surface area (Å²) in [5.74, 6) is 2.57. The molecule has 1 aromatic carbocycles. The Morgan fingerprint density at radius 3 is 2.75 bits per heavy atom. The van der Waals surface area contributed by atoms with Crippen molar-refractivity contribution in [3.8, 4) is 23.5 Å². The first kappa shape index (κ1) is 10.9. The second-order valence-corrected chi connectivity index (χ2v) is 4.47. The lowest BCUT2D eigenvalue weighted by Crippen LogP contribution is -2.11. The van der Waals surface area contributed by atoms with Gasteiger partial charge in [0.2, 0.25) is 0 Å². The molecule has 0 aliphatic heterocycles. The summed E-state index contributed by atoms with van der Waals surface area (Å²) in [7, 11) is 0. The molecule has 0 unspecified atom stereocenters. The molecule has 2 heteroatoms. The zero-order valence-corrected chi connectivity index (χ0v) is 9.76. The number of benzene rings is 1. The van der Waals surface area contributed by atoms with E-state index < -0.39 is 0 Å². The van der Waals surface area contributed by atoms with Gasteiger partial charge in [-0.25, -0.2) is 0 Å².